The van der Waals surface area contributed by atoms with E-state index >= 15 is 0 Å². The standard InChI is InChI=1S/C35H39N5/c1-34(2)21-30(38-36-25-14-8-5-9-15-25)28-20-29-31(39-37-26-16-10-6-11-17-26)22-35(3,4)24-33(29)40(32(28)23-34)27-18-12-7-13-19-27/h5-19,36-37H,20-24H2,1-4H3/b38-30-,39-31+. The molecule has 0 saturated heterocycles. The zero-order chi connectivity index (χ0) is 27.7. The summed E-state index contributed by atoms with van der Waals surface area (Å²) in [5.41, 5.74) is 17.8. The van der Waals surface area contributed by atoms with E-state index in [1.54, 1.807) is 0 Å². The predicted octanol–water partition coefficient (Wildman–Crippen LogP) is 8.98. The van der Waals surface area contributed by atoms with Crippen LogP contribution in [0.5, 0.6) is 0 Å². The summed E-state index contributed by atoms with van der Waals surface area (Å²) in [6, 6.07) is 31.3. The summed E-state index contributed by atoms with van der Waals surface area (Å²) in [5.74, 6) is 0. The molecule has 2 aliphatic carbocycles. The number of rotatable bonds is 5. The van der Waals surface area contributed by atoms with Gasteiger partial charge in [0.15, 0.2) is 0 Å². The van der Waals surface area contributed by atoms with Gasteiger partial charge in [0, 0.05) is 23.5 Å². The molecule has 1 aliphatic heterocycles. The summed E-state index contributed by atoms with van der Waals surface area (Å²) in [5, 5.41) is 10.1. The monoisotopic (exact) mass is 529 g/mol. The van der Waals surface area contributed by atoms with Gasteiger partial charge < -0.3 is 4.90 Å². The maximum Gasteiger partial charge on any atom is 0.0665 e. The zero-order valence-electron chi connectivity index (χ0n) is 24.0. The summed E-state index contributed by atoms with van der Waals surface area (Å²) in [7, 11) is 0. The molecular weight excluding hydrogens is 490 g/mol. The first kappa shape index (κ1) is 26.1. The Kier molecular flexibility index (Phi) is 6.83. The first-order chi connectivity index (χ1) is 19.3. The smallest absolute Gasteiger partial charge is 0.0665 e. The molecule has 3 aromatic carbocycles. The molecular formula is C35H39N5. The fourth-order valence-electron chi connectivity index (χ4n) is 6.27. The van der Waals surface area contributed by atoms with Crippen LogP contribution in [0.3, 0.4) is 0 Å². The largest absolute Gasteiger partial charge is 0.317 e. The maximum atomic E-state index is 5.05. The topological polar surface area (TPSA) is 52.0 Å². The second-order valence-electron chi connectivity index (χ2n) is 12.8. The van der Waals surface area contributed by atoms with E-state index in [0.29, 0.717) is 0 Å². The van der Waals surface area contributed by atoms with E-state index in [0.717, 1.165) is 54.9 Å². The van der Waals surface area contributed by atoms with Crippen LogP contribution >= 0.6 is 0 Å². The number of benzene rings is 3. The second kappa shape index (κ2) is 10.5. The van der Waals surface area contributed by atoms with Crippen molar-refractivity contribution in [2.24, 2.45) is 21.0 Å². The van der Waals surface area contributed by atoms with E-state index in [-0.39, 0.29) is 10.8 Å². The Morgan fingerprint density at radius 2 is 0.950 bits per heavy atom. The minimum absolute atomic E-state index is 0.0943. The highest BCUT2D eigenvalue weighted by molar-refractivity contribution is 6.10. The van der Waals surface area contributed by atoms with Crippen molar-refractivity contribution in [3.63, 3.8) is 0 Å². The highest BCUT2D eigenvalue weighted by Gasteiger charge is 2.43. The molecule has 6 rings (SSSR count). The molecule has 0 spiro atoms. The SMILES string of the molecule is CC1(C)CC2=C(CC3=C(CC(C)(C)C/C3=N\Nc3ccccc3)N2c2ccccc2)/C(=N\Nc2ccccc2)C1. The lowest BCUT2D eigenvalue weighted by Gasteiger charge is -2.47. The van der Waals surface area contributed by atoms with E-state index in [9.17, 15) is 0 Å². The van der Waals surface area contributed by atoms with Gasteiger partial charge in [-0.15, -0.1) is 0 Å². The summed E-state index contributed by atoms with van der Waals surface area (Å²) in [6.07, 6.45) is 4.72. The molecule has 0 aromatic heterocycles. The Hall–Kier alpha value is -4.12. The minimum Gasteiger partial charge on any atom is -0.317 e. The van der Waals surface area contributed by atoms with Crippen molar-refractivity contribution >= 4 is 28.5 Å². The fourth-order valence-corrected chi connectivity index (χ4v) is 6.27. The molecule has 0 fully saturated rings. The molecule has 1 heterocycles. The minimum atomic E-state index is 0.0943. The lowest BCUT2D eigenvalue weighted by molar-refractivity contribution is 0.349. The summed E-state index contributed by atoms with van der Waals surface area (Å²) >= 11 is 0. The van der Waals surface area contributed by atoms with Crippen molar-refractivity contribution in [1.29, 1.82) is 0 Å². The lowest BCUT2D eigenvalue weighted by Crippen LogP contribution is -2.42. The van der Waals surface area contributed by atoms with Crippen molar-refractivity contribution in [1.82, 2.24) is 0 Å². The van der Waals surface area contributed by atoms with Crippen molar-refractivity contribution < 1.29 is 0 Å². The Morgan fingerprint density at radius 1 is 0.550 bits per heavy atom. The van der Waals surface area contributed by atoms with Crippen molar-refractivity contribution in [2.75, 3.05) is 15.8 Å². The van der Waals surface area contributed by atoms with Gasteiger partial charge in [-0.25, -0.2) is 0 Å². The molecule has 204 valence electrons. The van der Waals surface area contributed by atoms with Gasteiger partial charge in [-0.2, -0.15) is 10.2 Å². The Balaban J connectivity index is 1.48. The van der Waals surface area contributed by atoms with Crippen LogP contribution in [0.4, 0.5) is 17.1 Å². The molecule has 5 heteroatoms. The number of nitrogens with one attached hydrogen (secondary N) is 2. The number of para-hydroxylation sites is 3. The predicted molar refractivity (Wildman–Crippen MR) is 169 cm³/mol. The van der Waals surface area contributed by atoms with E-state index < -0.39 is 0 Å². The third-order valence-electron chi connectivity index (χ3n) is 8.07. The molecule has 0 saturated carbocycles. The third-order valence-corrected chi connectivity index (χ3v) is 8.07. The molecule has 0 bridgehead atoms. The van der Waals surface area contributed by atoms with Crippen molar-refractivity contribution in [2.45, 2.75) is 59.8 Å². The van der Waals surface area contributed by atoms with E-state index in [2.05, 4.69) is 98.0 Å². The van der Waals surface area contributed by atoms with Crippen LogP contribution in [-0.2, 0) is 0 Å². The van der Waals surface area contributed by atoms with E-state index in [1.807, 2.05) is 36.4 Å². The Bertz CT molecular complexity index is 1400. The van der Waals surface area contributed by atoms with Gasteiger partial charge in [0.05, 0.1) is 22.8 Å². The van der Waals surface area contributed by atoms with Gasteiger partial charge in [-0.3, -0.25) is 10.9 Å². The van der Waals surface area contributed by atoms with Gasteiger partial charge in [-0.1, -0.05) is 82.3 Å². The molecule has 0 radical (unpaired) electrons. The zero-order valence-corrected chi connectivity index (χ0v) is 24.0. The number of nitrogens with zero attached hydrogens (tertiary/aromatic N) is 3. The van der Waals surface area contributed by atoms with Crippen LogP contribution in [0, 0.1) is 10.8 Å². The normalized spacial score (nSPS) is 21.8. The number of hydrazone groups is 2. The lowest BCUT2D eigenvalue weighted by atomic mass is 9.68. The molecule has 40 heavy (non-hydrogen) atoms. The molecule has 0 atom stereocenters. The summed E-state index contributed by atoms with van der Waals surface area (Å²) in [4.78, 5) is 2.55. The average molecular weight is 530 g/mol. The summed E-state index contributed by atoms with van der Waals surface area (Å²) in [6.45, 7) is 9.46. The third kappa shape index (κ3) is 5.46. The molecule has 3 aliphatic rings. The highest BCUT2D eigenvalue weighted by Crippen LogP contribution is 2.51. The van der Waals surface area contributed by atoms with Gasteiger partial charge in [0.2, 0.25) is 0 Å². The number of allylic oxidation sites excluding steroid dienone is 4. The van der Waals surface area contributed by atoms with E-state index in [1.165, 1.54) is 28.2 Å². The van der Waals surface area contributed by atoms with Gasteiger partial charge in [0.25, 0.3) is 0 Å². The number of anilines is 3. The average Bonchev–Trinajstić information content (AvgIpc) is 2.94. The van der Waals surface area contributed by atoms with Gasteiger partial charge in [0.1, 0.15) is 0 Å². The number of hydrogen-bond acceptors (Lipinski definition) is 5. The van der Waals surface area contributed by atoms with E-state index in [4.69, 9.17) is 10.2 Å². The fraction of sp³-hybridized carbons (Fsp3) is 0.314. The number of hydrogen-bond donors (Lipinski definition) is 2. The molecule has 0 amide bonds. The van der Waals surface area contributed by atoms with Crippen LogP contribution in [0.15, 0.2) is 124 Å². The van der Waals surface area contributed by atoms with Crippen LogP contribution in [0.2, 0.25) is 0 Å². The first-order valence-electron chi connectivity index (χ1n) is 14.3. The van der Waals surface area contributed by atoms with Gasteiger partial charge in [-0.05, 0) is 84.1 Å². The molecule has 0 unspecified atom stereocenters. The first-order valence-corrected chi connectivity index (χ1v) is 14.3. The molecule has 3 aromatic rings. The second-order valence-corrected chi connectivity index (χ2v) is 12.8. The highest BCUT2D eigenvalue weighted by atomic mass is 15.3. The summed E-state index contributed by atoms with van der Waals surface area (Å²) < 4.78 is 0. The van der Waals surface area contributed by atoms with Crippen LogP contribution < -0.4 is 15.8 Å². The van der Waals surface area contributed by atoms with Gasteiger partial charge >= 0.3 is 0 Å². The van der Waals surface area contributed by atoms with Crippen molar-refractivity contribution in [3.8, 4) is 0 Å². The van der Waals surface area contributed by atoms with Crippen LogP contribution in [0.25, 0.3) is 0 Å². The quantitative estimate of drug-likeness (QED) is 0.324. The maximum absolute atomic E-state index is 5.05. The Morgan fingerprint density at radius 3 is 1.38 bits per heavy atom. The molecule has 2 N–H and O–H groups in total. The van der Waals surface area contributed by atoms with Crippen LogP contribution in [0.1, 0.15) is 59.8 Å². The van der Waals surface area contributed by atoms with Crippen LogP contribution in [-0.4, -0.2) is 11.4 Å². The Labute approximate surface area is 238 Å². The van der Waals surface area contributed by atoms with Crippen molar-refractivity contribution in [3.05, 3.63) is 114 Å². The molecule has 5 nitrogen and oxygen atoms in total.